The molecule has 11 heteroatoms. The van der Waals surface area contributed by atoms with Crippen molar-refractivity contribution >= 4 is 35.4 Å². The van der Waals surface area contributed by atoms with E-state index in [1.54, 1.807) is 4.90 Å². The smallest absolute Gasteiger partial charge is 0.322 e. The van der Waals surface area contributed by atoms with Crippen molar-refractivity contribution in [3.05, 3.63) is 0 Å². The van der Waals surface area contributed by atoms with Crippen LogP contribution in [0, 0.1) is 24.2 Å². The maximum absolute atomic E-state index is 13.2. The first kappa shape index (κ1) is 29.6. The van der Waals surface area contributed by atoms with Gasteiger partial charge in [-0.3, -0.25) is 28.8 Å². The van der Waals surface area contributed by atoms with Gasteiger partial charge in [0.15, 0.2) is 0 Å². The highest BCUT2D eigenvalue weighted by atomic mass is 16.4. The lowest BCUT2D eigenvalue weighted by Gasteiger charge is -2.30. The highest BCUT2D eigenvalue weighted by Crippen LogP contribution is 2.26. The number of amides is 4. The fourth-order valence-electron chi connectivity index (χ4n) is 3.94. The van der Waals surface area contributed by atoms with E-state index >= 15 is 0 Å². The minimum atomic E-state index is -1.21. The number of hydrogen-bond acceptors (Lipinski definition) is 6. The Balaban J connectivity index is 2.61. The number of nitrogens with zero attached hydrogens (tertiary/aromatic N) is 1. The molecule has 3 atom stereocenters. The van der Waals surface area contributed by atoms with Gasteiger partial charge in [0, 0.05) is 18.9 Å². The largest absolute Gasteiger partial charge is 0.480 e. The van der Waals surface area contributed by atoms with Gasteiger partial charge in [-0.1, -0.05) is 19.8 Å². The molecule has 35 heavy (non-hydrogen) atoms. The Labute approximate surface area is 205 Å². The Morgan fingerprint density at radius 2 is 1.77 bits per heavy atom. The van der Waals surface area contributed by atoms with Gasteiger partial charge in [0.05, 0.1) is 13.0 Å². The predicted octanol–water partition coefficient (Wildman–Crippen LogP) is -0.166. The summed E-state index contributed by atoms with van der Waals surface area (Å²) in [7, 11) is 0. The molecule has 0 aromatic carbocycles. The molecular weight excluding hydrogens is 456 g/mol. The minimum Gasteiger partial charge on any atom is -0.480 e. The Bertz CT molecular complexity index is 849. The number of aliphatic carboxylic acids is 1. The van der Waals surface area contributed by atoms with E-state index in [0.717, 1.165) is 0 Å². The monoisotopic (exact) mass is 492 g/mol. The van der Waals surface area contributed by atoms with E-state index in [1.165, 1.54) is 6.92 Å². The molecule has 0 saturated carbocycles. The lowest BCUT2D eigenvalue weighted by atomic mass is 9.88. The van der Waals surface area contributed by atoms with Crippen molar-refractivity contribution in [3.63, 3.8) is 0 Å². The van der Waals surface area contributed by atoms with E-state index in [-0.39, 0.29) is 29.9 Å². The van der Waals surface area contributed by atoms with Crippen molar-refractivity contribution in [2.24, 2.45) is 11.8 Å². The molecule has 0 aliphatic carbocycles. The topological polar surface area (TPSA) is 162 Å². The molecule has 0 aromatic rings. The maximum atomic E-state index is 13.2. The van der Waals surface area contributed by atoms with Crippen molar-refractivity contribution in [2.75, 3.05) is 19.6 Å². The molecule has 4 amide bonds. The molecule has 1 saturated heterocycles. The summed E-state index contributed by atoms with van der Waals surface area (Å²) >= 11 is 0. The molecule has 1 rings (SSSR count). The first-order chi connectivity index (χ1) is 16.5. The van der Waals surface area contributed by atoms with Crippen molar-refractivity contribution in [1.29, 1.82) is 0 Å². The zero-order chi connectivity index (χ0) is 26.5. The summed E-state index contributed by atoms with van der Waals surface area (Å²) in [6.07, 6.45) is 7.73. The van der Waals surface area contributed by atoms with Gasteiger partial charge in [0.25, 0.3) is 0 Å². The zero-order valence-electron chi connectivity index (χ0n) is 20.6. The van der Waals surface area contributed by atoms with Gasteiger partial charge in [0.2, 0.25) is 23.6 Å². The van der Waals surface area contributed by atoms with Gasteiger partial charge in [-0.2, -0.15) is 0 Å². The fourth-order valence-corrected chi connectivity index (χ4v) is 3.94. The van der Waals surface area contributed by atoms with E-state index < -0.39 is 48.9 Å². The van der Waals surface area contributed by atoms with Gasteiger partial charge in [-0.25, -0.2) is 0 Å². The van der Waals surface area contributed by atoms with Crippen LogP contribution in [-0.4, -0.2) is 77.1 Å². The predicted molar refractivity (Wildman–Crippen MR) is 127 cm³/mol. The second-order valence-electron chi connectivity index (χ2n) is 8.97. The number of nitrogens with one attached hydrogen (secondary N) is 3. The molecule has 0 unspecified atom stereocenters. The fraction of sp³-hybridized carbons (Fsp3) is 0.667. The molecule has 0 aromatic heterocycles. The summed E-state index contributed by atoms with van der Waals surface area (Å²) in [5.74, 6) is -1.13. The van der Waals surface area contributed by atoms with Gasteiger partial charge < -0.3 is 26.0 Å². The van der Waals surface area contributed by atoms with Crippen LogP contribution in [0.4, 0.5) is 0 Å². The first-order valence-electron chi connectivity index (χ1n) is 11.8. The SMILES string of the molecule is C#CCC(=O)CCC[C@H](C(=O)N1CCC[C@H]1C(=O)NCC(=O)N[C@@H](C)C(=O)NCC(=O)O)C(C)C. The molecular formula is C24H36N4O7. The Kier molecular flexibility index (Phi) is 12.5. The molecule has 1 aliphatic heterocycles. The van der Waals surface area contributed by atoms with Crippen molar-refractivity contribution in [3.8, 4) is 12.3 Å². The van der Waals surface area contributed by atoms with Gasteiger partial charge in [-0.15, -0.1) is 6.42 Å². The molecule has 0 radical (unpaired) electrons. The Morgan fingerprint density at radius 1 is 1.09 bits per heavy atom. The van der Waals surface area contributed by atoms with Crippen molar-refractivity contribution in [1.82, 2.24) is 20.9 Å². The highest BCUT2D eigenvalue weighted by Gasteiger charge is 2.37. The Hall–Kier alpha value is -3.42. The number of ketones is 1. The molecule has 0 spiro atoms. The lowest BCUT2D eigenvalue weighted by molar-refractivity contribution is -0.143. The van der Waals surface area contributed by atoms with Gasteiger partial charge in [-0.05, 0) is 38.5 Å². The number of carboxylic acid groups (broad SMARTS) is 1. The number of rotatable bonds is 14. The van der Waals surface area contributed by atoms with Crippen molar-refractivity contribution in [2.45, 2.75) is 71.4 Å². The summed E-state index contributed by atoms with van der Waals surface area (Å²) in [4.78, 5) is 73.6. The average Bonchev–Trinajstić information content (AvgIpc) is 3.28. The van der Waals surface area contributed by atoms with Crippen LogP contribution in [0.5, 0.6) is 0 Å². The number of carbonyl (C=O) groups excluding carboxylic acids is 5. The van der Waals surface area contributed by atoms with Crippen LogP contribution in [0.1, 0.15) is 59.3 Å². The molecule has 194 valence electrons. The third kappa shape index (κ3) is 10.2. The molecule has 1 heterocycles. The Morgan fingerprint density at radius 3 is 2.37 bits per heavy atom. The van der Waals surface area contributed by atoms with Crippen LogP contribution in [0.3, 0.4) is 0 Å². The second kappa shape index (κ2) is 14.8. The third-order valence-corrected chi connectivity index (χ3v) is 5.84. The van der Waals surface area contributed by atoms with Crippen LogP contribution in [0.2, 0.25) is 0 Å². The number of Topliss-reactive ketones (excluding diaryl/α,β-unsaturated/α-hetero) is 1. The number of carbonyl (C=O) groups is 6. The summed E-state index contributed by atoms with van der Waals surface area (Å²) < 4.78 is 0. The van der Waals surface area contributed by atoms with Crippen LogP contribution in [0.15, 0.2) is 0 Å². The minimum absolute atomic E-state index is 0.0223. The lowest BCUT2D eigenvalue weighted by Crippen LogP contribution is -2.52. The van der Waals surface area contributed by atoms with Crippen molar-refractivity contribution < 1.29 is 33.9 Å². The first-order valence-corrected chi connectivity index (χ1v) is 11.8. The average molecular weight is 493 g/mol. The van der Waals surface area contributed by atoms with E-state index in [2.05, 4.69) is 21.9 Å². The summed E-state index contributed by atoms with van der Waals surface area (Å²) in [6.45, 7) is 4.71. The van der Waals surface area contributed by atoms with Crippen LogP contribution in [-0.2, 0) is 28.8 Å². The third-order valence-electron chi connectivity index (χ3n) is 5.84. The standard InChI is InChI=1S/C24H36N4O7/c1-5-8-17(29)9-6-10-18(15(2)3)24(35)28-12-7-11-19(28)23(34)25-13-20(30)27-16(4)22(33)26-14-21(31)32/h1,15-16,18-19H,6-14H2,2-4H3,(H,25,34)(H,26,33)(H,27,30)(H,31,32)/t16-,18-,19-/m0/s1. The van der Waals surface area contributed by atoms with E-state index in [9.17, 15) is 28.8 Å². The number of terminal acetylenes is 1. The molecule has 11 nitrogen and oxygen atoms in total. The van der Waals surface area contributed by atoms with E-state index in [4.69, 9.17) is 11.5 Å². The van der Waals surface area contributed by atoms with Crippen LogP contribution < -0.4 is 16.0 Å². The van der Waals surface area contributed by atoms with E-state index in [0.29, 0.717) is 38.6 Å². The van der Waals surface area contributed by atoms with Gasteiger partial charge in [0.1, 0.15) is 24.4 Å². The number of hydrogen-bond donors (Lipinski definition) is 4. The summed E-state index contributed by atoms with van der Waals surface area (Å²) in [6, 6.07) is -1.68. The number of likely N-dealkylation sites (tertiary alicyclic amines) is 1. The number of carboxylic acids is 1. The molecule has 1 fully saturated rings. The van der Waals surface area contributed by atoms with Crippen LogP contribution >= 0.6 is 0 Å². The maximum Gasteiger partial charge on any atom is 0.322 e. The van der Waals surface area contributed by atoms with E-state index in [1.807, 2.05) is 13.8 Å². The normalized spacial score (nSPS) is 16.7. The van der Waals surface area contributed by atoms with Crippen LogP contribution in [0.25, 0.3) is 0 Å². The highest BCUT2D eigenvalue weighted by molar-refractivity contribution is 5.93. The quantitative estimate of drug-likeness (QED) is 0.245. The molecule has 0 bridgehead atoms. The second-order valence-corrected chi connectivity index (χ2v) is 8.97. The molecule has 1 aliphatic rings. The molecule has 4 N–H and O–H groups in total. The summed E-state index contributed by atoms with van der Waals surface area (Å²) in [5, 5.41) is 15.6. The summed E-state index contributed by atoms with van der Waals surface area (Å²) in [5.41, 5.74) is 0. The van der Waals surface area contributed by atoms with Gasteiger partial charge >= 0.3 is 5.97 Å². The zero-order valence-corrected chi connectivity index (χ0v) is 20.6.